The molecular formula is C14H20N2O3S. The van der Waals surface area contributed by atoms with Gasteiger partial charge in [-0.3, -0.25) is 0 Å². The van der Waals surface area contributed by atoms with E-state index in [9.17, 15) is 14.7 Å². The van der Waals surface area contributed by atoms with Crippen molar-refractivity contribution < 1.29 is 14.7 Å². The Kier molecular flexibility index (Phi) is 4.65. The van der Waals surface area contributed by atoms with Crippen molar-refractivity contribution in [3.05, 3.63) is 22.4 Å². The Balaban J connectivity index is 1.85. The number of carboxylic acids is 1. The van der Waals surface area contributed by atoms with Gasteiger partial charge >= 0.3 is 12.0 Å². The molecule has 0 saturated heterocycles. The summed E-state index contributed by atoms with van der Waals surface area (Å²) in [5, 5.41) is 16.3. The average molecular weight is 296 g/mol. The first-order chi connectivity index (χ1) is 9.56. The molecule has 0 aromatic carbocycles. The van der Waals surface area contributed by atoms with Crippen LogP contribution in [0.25, 0.3) is 0 Å². The Labute approximate surface area is 122 Å². The molecule has 1 aliphatic carbocycles. The van der Waals surface area contributed by atoms with Gasteiger partial charge in [-0.15, -0.1) is 11.3 Å². The fourth-order valence-electron chi connectivity index (χ4n) is 2.38. The van der Waals surface area contributed by atoms with E-state index in [1.807, 2.05) is 0 Å². The van der Waals surface area contributed by atoms with Crippen LogP contribution in [0.5, 0.6) is 0 Å². The summed E-state index contributed by atoms with van der Waals surface area (Å²) in [5.74, 6) is -1.04. The van der Waals surface area contributed by atoms with Crippen molar-refractivity contribution >= 4 is 23.3 Å². The Hall–Kier alpha value is -1.56. The van der Waals surface area contributed by atoms with Crippen LogP contribution >= 0.6 is 11.3 Å². The second-order valence-electron chi connectivity index (χ2n) is 5.36. The molecule has 0 bridgehead atoms. The summed E-state index contributed by atoms with van der Waals surface area (Å²) in [6, 6.07) is 2.10. The molecule has 0 aliphatic heterocycles. The van der Waals surface area contributed by atoms with Crippen LogP contribution in [0.15, 0.2) is 17.5 Å². The fraction of sp³-hybridized carbons (Fsp3) is 0.571. The summed E-state index contributed by atoms with van der Waals surface area (Å²) in [7, 11) is 0. The molecule has 1 aromatic rings. The number of carbonyl (C=O) groups excluding carboxylic acids is 1. The maximum absolute atomic E-state index is 11.9. The van der Waals surface area contributed by atoms with Gasteiger partial charge < -0.3 is 15.7 Å². The second-order valence-corrected chi connectivity index (χ2v) is 6.34. The van der Waals surface area contributed by atoms with E-state index in [0.717, 1.165) is 25.7 Å². The first-order valence-electron chi connectivity index (χ1n) is 6.87. The highest BCUT2D eigenvalue weighted by Crippen LogP contribution is 2.48. The predicted molar refractivity (Wildman–Crippen MR) is 77.8 cm³/mol. The molecule has 110 valence electrons. The summed E-state index contributed by atoms with van der Waals surface area (Å²) in [6.07, 6.45) is 4.51. The highest BCUT2D eigenvalue weighted by molar-refractivity contribution is 7.10. The minimum atomic E-state index is -1.04. The Morgan fingerprint density at radius 3 is 2.75 bits per heavy atom. The number of thiophene rings is 1. The predicted octanol–water partition coefficient (Wildman–Crippen LogP) is 2.75. The van der Waals surface area contributed by atoms with Gasteiger partial charge in [-0.25, -0.2) is 9.59 Å². The minimum Gasteiger partial charge on any atom is -0.479 e. The van der Waals surface area contributed by atoms with E-state index in [-0.39, 0.29) is 5.41 Å². The first kappa shape index (κ1) is 14.8. The molecule has 0 radical (unpaired) electrons. The number of rotatable bonds is 7. The standard InChI is InChI=1S/C14H20N2O3S/c1-2-5-14(6-7-14)9-15-13(19)16-11(12(17)18)10-4-3-8-20-10/h3-4,8,11H,2,5-7,9H2,1H3,(H,17,18)(H2,15,16,19). The number of hydrogen-bond acceptors (Lipinski definition) is 3. The van der Waals surface area contributed by atoms with Crippen LogP contribution in [0.1, 0.15) is 43.5 Å². The van der Waals surface area contributed by atoms with E-state index < -0.39 is 18.0 Å². The van der Waals surface area contributed by atoms with Gasteiger partial charge in [0.2, 0.25) is 0 Å². The number of carboxylic acid groups (broad SMARTS) is 1. The molecule has 6 heteroatoms. The zero-order valence-electron chi connectivity index (χ0n) is 11.5. The summed E-state index contributed by atoms with van der Waals surface area (Å²) in [6.45, 7) is 2.76. The highest BCUT2D eigenvalue weighted by atomic mass is 32.1. The topological polar surface area (TPSA) is 78.4 Å². The van der Waals surface area contributed by atoms with Crippen LogP contribution in [-0.2, 0) is 4.79 Å². The van der Waals surface area contributed by atoms with Gasteiger partial charge in [0.25, 0.3) is 0 Å². The zero-order valence-corrected chi connectivity index (χ0v) is 12.3. The lowest BCUT2D eigenvalue weighted by Crippen LogP contribution is -2.42. The number of hydrogen-bond donors (Lipinski definition) is 3. The van der Waals surface area contributed by atoms with E-state index in [1.165, 1.54) is 11.3 Å². The van der Waals surface area contributed by atoms with E-state index in [0.29, 0.717) is 11.4 Å². The highest BCUT2D eigenvalue weighted by Gasteiger charge is 2.41. The number of nitrogens with one attached hydrogen (secondary N) is 2. The van der Waals surface area contributed by atoms with E-state index in [2.05, 4.69) is 17.6 Å². The molecule has 1 aliphatic rings. The minimum absolute atomic E-state index is 0.258. The van der Waals surface area contributed by atoms with E-state index in [1.54, 1.807) is 17.5 Å². The molecule has 3 N–H and O–H groups in total. The molecule has 1 heterocycles. The lowest BCUT2D eigenvalue weighted by molar-refractivity contribution is -0.139. The van der Waals surface area contributed by atoms with E-state index in [4.69, 9.17) is 0 Å². The van der Waals surface area contributed by atoms with Gasteiger partial charge in [0.15, 0.2) is 6.04 Å². The molecule has 2 rings (SSSR count). The Bertz CT molecular complexity index is 469. The molecule has 5 nitrogen and oxygen atoms in total. The fourth-order valence-corrected chi connectivity index (χ4v) is 3.15. The van der Waals surface area contributed by atoms with Crippen LogP contribution in [0, 0.1) is 5.41 Å². The van der Waals surface area contributed by atoms with Crippen LogP contribution in [0.4, 0.5) is 4.79 Å². The summed E-state index contributed by atoms with van der Waals surface area (Å²) >= 11 is 1.32. The van der Waals surface area contributed by atoms with Crippen molar-refractivity contribution in [1.82, 2.24) is 10.6 Å². The van der Waals surface area contributed by atoms with Crippen molar-refractivity contribution in [3.63, 3.8) is 0 Å². The monoisotopic (exact) mass is 296 g/mol. The Morgan fingerprint density at radius 2 is 2.25 bits per heavy atom. The largest absolute Gasteiger partial charge is 0.479 e. The Morgan fingerprint density at radius 1 is 1.50 bits per heavy atom. The van der Waals surface area contributed by atoms with Crippen LogP contribution in [0.3, 0.4) is 0 Å². The zero-order chi connectivity index (χ0) is 14.6. The van der Waals surface area contributed by atoms with Gasteiger partial charge in [-0.05, 0) is 36.1 Å². The van der Waals surface area contributed by atoms with Crippen molar-refractivity contribution in [2.45, 2.75) is 38.6 Å². The molecule has 1 unspecified atom stereocenters. The van der Waals surface area contributed by atoms with Crippen molar-refractivity contribution in [2.75, 3.05) is 6.54 Å². The lowest BCUT2D eigenvalue weighted by Gasteiger charge is -2.17. The van der Waals surface area contributed by atoms with Crippen LogP contribution < -0.4 is 10.6 Å². The van der Waals surface area contributed by atoms with Gasteiger partial charge in [0.05, 0.1) is 0 Å². The van der Waals surface area contributed by atoms with Gasteiger partial charge in [0.1, 0.15) is 0 Å². The molecule has 20 heavy (non-hydrogen) atoms. The average Bonchev–Trinajstić information content (AvgIpc) is 2.97. The van der Waals surface area contributed by atoms with Crippen molar-refractivity contribution in [3.8, 4) is 0 Å². The normalized spacial score (nSPS) is 17.2. The number of urea groups is 1. The lowest BCUT2D eigenvalue weighted by atomic mass is 10.0. The van der Waals surface area contributed by atoms with Gasteiger partial charge in [0, 0.05) is 11.4 Å². The van der Waals surface area contributed by atoms with Gasteiger partial charge in [-0.1, -0.05) is 19.4 Å². The third-order valence-electron chi connectivity index (χ3n) is 3.71. The molecule has 1 atom stereocenters. The molecule has 2 amide bonds. The number of carbonyl (C=O) groups is 2. The van der Waals surface area contributed by atoms with Crippen LogP contribution in [-0.4, -0.2) is 23.7 Å². The number of aliphatic carboxylic acids is 1. The van der Waals surface area contributed by atoms with Gasteiger partial charge in [-0.2, -0.15) is 0 Å². The summed E-state index contributed by atoms with van der Waals surface area (Å²) in [5.41, 5.74) is 0.258. The second kappa shape index (κ2) is 6.26. The quantitative estimate of drug-likeness (QED) is 0.724. The first-order valence-corrected chi connectivity index (χ1v) is 7.75. The van der Waals surface area contributed by atoms with Crippen molar-refractivity contribution in [2.24, 2.45) is 5.41 Å². The third kappa shape index (κ3) is 3.72. The summed E-state index contributed by atoms with van der Waals surface area (Å²) in [4.78, 5) is 23.7. The number of amides is 2. The SMILES string of the molecule is CCCC1(CNC(=O)NC(C(=O)O)c2cccs2)CC1. The van der Waals surface area contributed by atoms with E-state index >= 15 is 0 Å². The summed E-state index contributed by atoms with van der Waals surface area (Å²) < 4.78 is 0. The van der Waals surface area contributed by atoms with Crippen LogP contribution in [0.2, 0.25) is 0 Å². The molecule has 1 fully saturated rings. The molecule has 0 spiro atoms. The maximum atomic E-state index is 11.9. The van der Waals surface area contributed by atoms with Crippen molar-refractivity contribution in [1.29, 1.82) is 0 Å². The molecule has 1 aromatic heterocycles. The molecular weight excluding hydrogens is 276 g/mol. The smallest absolute Gasteiger partial charge is 0.331 e. The third-order valence-corrected chi connectivity index (χ3v) is 4.65. The molecule has 1 saturated carbocycles. The maximum Gasteiger partial charge on any atom is 0.331 e.